The van der Waals surface area contributed by atoms with Crippen molar-refractivity contribution in [1.29, 1.82) is 0 Å². The number of hydrogen-bond donors (Lipinski definition) is 0. The SMILES string of the molecule is CC(/C=C\C(C)[N+](C)(C)C)[N+](C)(C)C.[Br-].[Br-]. The predicted octanol–water partition coefficient (Wildman–Crippen LogP) is -4.26. The summed E-state index contributed by atoms with van der Waals surface area (Å²) < 4.78 is 1.97. The van der Waals surface area contributed by atoms with E-state index in [2.05, 4.69) is 68.3 Å². The highest BCUT2D eigenvalue weighted by molar-refractivity contribution is 4.91. The molecule has 0 rings (SSSR count). The fourth-order valence-corrected chi connectivity index (χ4v) is 0.838. The first-order valence-electron chi connectivity index (χ1n) is 5.35. The molecule has 0 aliphatic carbocycles. The molecule has 0 aliphatic heterocycles. The molecule has 16 heavy (non-hydrogen) atoms. The lowest BCUT2D eigenvalue weighted by Crippen LogP contribution is -3.00. The molecule has 0 saturated heterocycles. The van der Waals surface area contributed by atoms with Crippen LogP contribution in [0.3, 0.4) is 0 Å². The average Bonchev–Trinajstić information content (AvgIpc) is 1.95. The minimum absolute atomic E-state index is 0. The summed E-state index contributed by atoms with van der Waals surface area (Å²) in [6, 6.07) is 1.15. The van der Waals surface area contributed by atoms with Gasteiger partial charge in [0.1, 0.15) is 12.1 Å². The maximum Gasteiger partial charge on any atom is 0.104 e. The Kier molecular flexibility index (Phi) is 10.7. The van der Waals surface area contributed by atoms with Gasteiger partial charge in [-0.1, -0.05) is 0 Å². The maximum absolute atomic E-state index is 2.33. The summed E-state index contributed by atoms with van der Waals surface area (Å²) in [5.41, 5.74) is 0. The molecule has 2 atom stereocenters. The molecule has 2 nitrogen and oxygen atoms in total. The Hall–Kier alpha value is 0.620. The first-order chi connectivity index (χ1) is 6.05. The molecule has 0 aromatic carbocycles. The fourth-order valence-electron chi connectivity index (χ4n) is 0.838. The number of hydrogen-bond acceptors (Lipinski definition) is 0. The van der Waals surface area contributed by atoms with Crippen LogP contribution in [0.15, 0.2) is 12.2 Å². The molecule has 0 fully saturated rings. The lowest BCUT2D eigenvalue weighted by molar-refractivity contribution is -0.889. The van der Waals surface area contributed by atoms with Gasteiger partial charge in [-0.25, -0.2) is 0 Å². The van der Waals surface area contributed by atoms with Gasteiger partial charge < -0.3 is 42.9 Å². The molecular formula is C12H28Br2N2. The minimum Gasteiger partial charge on any atom is -1.00 e. The molecule has 0 bridgehead atoms. The van der Waals surface area contributed by atoms with Crippen molar-refractivity contribution in [2.75, 3.05) is 42.3 Å². The Bertz CT molecular complexity index is 180. The molecule has 2 unspecified atom stereocenters. The van der Waals surface area contributed by atoms with Gasteiger partial charge in [0.25, 0.3) is 0 Å². The highest BCUT2D eigenvalue weighted by atomic mass is 79.9. The van der Waals surface area contributed by atoms with Crippen LogP contribution in [0, 0.1) is 0 Å². The van der Waals surface area contributed by atoms with Crippen molar-refractivity contribution in [2.24, 2.45) is 0 Å². The van der Waals surface area contributed by atoms with Crippen LogP contribution in [-0.4, -0.2) is 63.3 Å². The van der Waals surface area contributed by atoms with Crippen LogP contribution in [0.5, 0.6) is 0 Å². The summed E-state index contributed by atoms with van der Waals surface area (Å²) in [6.45, 7) is 4.53. The predicted molar refractivity (Wildman–Crippen MR) is 64.1 cm³/mol. The van der Waals surface area contributed by atoms with E-state index in [0.717, 1.165) is 8.97 Å². The van der Waals surface area contributed by atoms with E-state index in [1.54, 1.807) is 0 Å². The van der Waals surface area contributed by atoms with Gasteiger partial charge in [-0.2, -0.15) is 0 Å². The van der Waals surface area contributed by atoms with Crippen LogP contribution in [0.25, 0.3) is 0 Å². The summed E-state index contributed by atoms with van der Waals surface area (Å²) >= 11 is 0. The Balaban J connectivity index is -0.000000845. The van der Waals surface area contributed by atoms with Gasteiger partial charge in [0, 0.05) is 0 Å². The van der Waals surface area contributed by atoms with E-state index in [4.69, 9.17) is 0 Å². The van der Waals surface area contributed by atoms with E-state index >= 15 is 0 Å². The van der Waals surface area contributed by atoms with Crippen LogP contribution in [0.4, 0.5) is 0 Å². The van der Waals surface area contributed by atoms with Crippen molar-refractivity contribution in [1.82, 2.24) is 0 Å². The second-order valence-electron chi connectivity index (χ2n) is 6.10. The summed E-state index contributed by atoms with van der Waals surface area (Å²) in [6.07, 6.45) is 4.66. The molecular weight excluding hydrogens is 332 g/mol. The van der Waals surface area contributed by atoms with E-state index in [1.165, 1.54) is 0 Å². The standard InChI is InChI=1S/C12H28N2.2BrH/c1-11(13(3,4)5)9-10-12(2)14(6,7)8;;/h9-12H,1-8H3;2*1H/q+2;;/p-2/b10-9-;;. The molecule has 0 heterocycles. The van der Waals surface area contributed by atoms with E-state index in [-0.39, 0.29) is 34.0 Å². The number of likely N-dealkylation sites (N-methyl/N-ethyl adjacent to an activating group) is 2. The first-order valence-corrected chi connectivity index (χ1v) is 5.35. The van der Waals surface area contributed by atoms with Crippen LogP contribution in [-0.2, 0) is 0 Å². The number of rotatable bonds is 4. The van der Waals surface area contributed by atoms with E-state index in [9.17, 15) is 0 Å². The van der Waals surface area contributed by atoms with Gasteiger partial charge in [0.15, 0.2) is 0 Å². The Morgan fingerprint density at radius 2 is 0.812 bits per heavy atom. The topological polar surface area (TPSA) is 0 Å². The smallest absolute Gasteiger partial charge is 0.104 e. The minimum atomic E-state index is 0. The lowest BCUT2D eigenvalue weighted by atomic mass is 10.2. The molecule has 0 amide bonds. The van der Waals surface area contributed by atoms with Gasteiger partial charge in [0.05, 0.1) is 42.3 Å². The van der Waals surface area contributed by atoms with Crippen LogP contribution >= 0.6 is 0 Å². The Morgan fingerprint density at radius 3 is 0.938 bits per heavy atom. The average molecular weight is 360 g/mol. The van der Waals surface area contributed by atoms with Crippen LogP contribution < -0.4 is 34.0 Å². The largest absolute Gasteiger partial charge is 1.00 e. The molecule has 0 saturated carbocycles. The van der Waals surface area contributed by atoms with E-state index < -0.39 is 0 Å². The second-order valence-corrected chi connectivity index (χ2v) is 6.10. The fraction of sp³-hybridized carbons (Fsp3) is 0.833. The van der Waals surface area contributed by atoms with Gasteiger partial charge in [0.2, 0.25) is 0 Å². The van der Waals surface area contributed by atoms with Crippen molar-refractivity contribution < 1.29 is 42.9 Å². The molecule has 0 radical (unpaired) electrons. The monoisotopic (exact) mass is 358 g/mol. The van der Waals surface area contributed by atoms with Crippen LogP contribution in [0.1, 0.15) is 13.8 Å². The van der Waals surface area contributed by atoms with Gasteiger partial charge in [-0.3, -0.25) is 0 Å². The summed E-state index contributed by atoms with van der Waals surface area (Å²) in [7, 11) is 13.4. The molecule has 0 aromatic rings. The van der Waals surface area contributed by atoms with Crippen molar-refractivity contribution in [2.45, 2.75) is 25.9 Å². The Labute approximate surface area is 123 Å². The molecule has 0 N–H and O–H groups in total. The number of halogens is 2. The zero-order valence-electron chi connectivity index (χ0n) is 12.0. The molecule has 4 heteroatoms. The van der Waals surface area contributed by atoms with E-state index in [1.807, 2.05) is 0 Å². The Morgan fingerprint density at radius 1 is 0.625 bits per heavy atom. The molecule has 0 spiro atoms. The van der Waals surface area contributed by atoms with Crippen molar-refractivity contribution in [3.63, 3.8) is 0 Å². The van der Waals surface area contributed by atoms with Crippen molar-refractivity contribution in [3.8, 4) is 0 Å². The van der Waals surface area contributed by atoms with Crippen molar-refractivity contribution >= 4 is 0 Å². The highest BCUT2D eigenvalue weighted by Crippen LogP contribution is 2.08. The normalized spacial score (nSPS) is 16.2. The number of quaternary nitrogens is 2. The molecule has 0 aromatic heterocycles. The first kappa shape index (κ1) is 21.9. The van der Waals surface area contributed by atoms with E-state index in [0.29, 0.717) is 12.1 Å². The van der Waals surface area contributed by atoms with Gasteiger partial charge in [-0.05, 0) is 26.0 Å². The van der Waals surface area contributed by atoms with Gasteiger partial charge in [-0.15, -0.1) is 0 Å². The third-order valence-corrected chi connectivity index (χ3v) is 3.11. The second kappa shape index (κ2) is 7.85. The maximum atomic E-state index is 2.33. The third-order valence-electron chi connectivity index (χ3n) is 3.11. The molecule has 100 valence electrons. The quantitative estimate of drug-likeness (QED) is 0.352. The lowest BCUT2D eigenvalue weighted by Gasteiger charge is -2.32. The summed E-state index contributed by atoms with van der Waals surface area (Å²) in [5.74, 6) is 0. The highest BCUT2D eigenvalue weighted by Gasteiger charge is 2.18. The third kappa shape index (κ3) is 8.74. The molecule has 0 aliphatic rings. The zero-order chi connectivity index (χ0) is 11.6. The summed E-state index contributed by atoms with van der Waals surface area (Å²) in [5, 5.41) is 0. The zero-order valence-corrected chi connectivity index (χ0v) is 15.1. The summed E-state index contributed by atoms with van der Waals surface area (Å²) in [4.78, 5) is 0. The van der Waals surface area contributed by atoms with Gasteiger partial charge >= 0.3 is 0 Å². The number of nitrogens with zero attached hydrogens (tertiary/aromatic N) is 2. The van der Waals surface area contributed by atoms with Crippen LogP contribution in [0.2, 0.25) is 0 Å². The van der Waals surface area contributed by atoms with Crippen molar-refractivity contribution in [3.05, 3.63) is 12.2 Å².